The maximum atomic E-state index is 11.7. The van der Waals surface area contributed by atoms with E-state index in [2.05, 4.69) is 11.4 Å². The predicted octanol–water partition coefficient (Wildman–Crippen LogP) is 2.63. The van der Waals surface area contributed by atoms with Crippen LogP contribution in [-0.2, 0) is 42.2 Å². The summed E-state index contributed by atoms with van der Waals surface area (Å²) in [4.78, 5) is 11.7. The van der Waals surface area contributed by atoms with Gasteiger partial charge >= 0.3 is 0 Å². The van der Waals surface area contributed by atoms with Gasteiger partial charge < -0.3 is 14.8 Å². The van der Waals surface area contributed by atoms with Crippen LogP contribution in [0, 0.1) is 17.9 Å². The quantitative estimate of drug-likeness (QED) is 0.733. The summed E-state index contributed by atoms with van der Waals surface area (Å²) in [5, 5.41) is 4.14. The molecule has 1 radical (unpaired) electrons. The maximum absolute atomic E-state index is 11.7. The first kappa shape index (κ1) is 16.1. The molecule has 0 aromatic rings. The number of allylic oxidation sites excluding steroid dienone is 2. The molecule has 3 nitrogen and oxygen atoms in total. The van der Waals surface area contributed by atoms with E-state index in [1.165, 1.54) is 6.42 Å². The number of amides is 1. The van der Waals surface area contributed by atoms with E-state index in [9.17, 15) is 4.79 Å². The van der Waals surface area contributed by atoms with Gasteiger partial charge in [-0.1, -0.05) is 32.2 Å². The molecular formula is C14H19NO2Y-2. The Kier molecular flexibility index (Phi) is 6.75. The molecule has 1 saturated carbocycles. The molecule has 1 amide bonds. The summed E-state index contributed by atoms with van der Waals surface area (Å²) in [6.45, 7) is 5.32. The molecule has 4 heteroatoms. The summed E-state index contributed by atoms with van der Waals surface area (Å²) in [7, 11) is 0. The van der Waals surface area contributed by atoms with Gasteiger partial charge in [0.25, 0.3) is 0 Å². The predicted molar refractivity (Wildman–Crippen MR) is 66.4 cm³/mol. The van der Waals surface area contributed by atoms with E-state index >= 15 is 0 Å². The van der Waals surface area contributed by atoms with Crippen molar-refractivity contribution < 1.29 is 42.2 Å². The second-order valence-electron chi connectivity index (χ2n) is 4.41. The molecular weight excluding hydrogens is 303 g/mol. The van der Waals surface area contributed by atoms with Crippen LogP contribution < -0.4 is 0 Å². The second kappa shape index (κ2) is 7.57. The molecule has 0 aromatic heterocycles. The fraction of sp³-hybridized carbons (Fsp3) is 0.643. The van der Waals surface area contributed by atoms with Gasteiger partial charge in [-0.15, -0.1) is 6.08 Å². The summed E-state index contributed by atoms with van der Waals surface area (Å²) in [5.74, 6) is 1.11. The van der Waals surface area contributed by atoms with Gasteiger partial charge in [-0.3, -0.25) is 0 Å². The SMILES string of the molecule is CC.O=C([N-]C1CCOC1)C1=CC2CC2C=[C-]1.[Y]. The van der Waals surface area contributed by atoms with E-state index in [0.29, 0.717) is 24.0 Å². The molecule has 2 fully saturated rings. The molecule has 3 atom stereocenters. The molecule has 18 heavy (non-hydrogen) atoms. The van der Waals surface area contributed by atoms with Crippen LogP contribution in [0.5, 0.6) is 0 Å². The fourth-order valence-corrected chi connectivity index (χ4v) is 2.07. The second-order valence-corrected chi connectivity index (χ2v) is 4.41. The molecule has 0 bridgehead atoms. The average molecular weight is 322 g/mol. The minimum absolute atomic E-state index is 0. The Hall–Kier alpha value is 0.0139. The Bertz CT molecular complexity index is 346. The minimum atomic E-state index is -0.118. The zero-order chi connectivity index (χ0) is 12.3. The Morgan fingerprint density at radius 1 is 1.44 bits per heavy atom. The Morgan fingerprint density at radius 3 is 2.83 bits per heavy atom. The topological polar surface area (TPSA) is 40.4 Å². The van der Waals surface area contributed by atoms with Crippen LogP contribution >= 0.6 is 0 Å². The van der Waals surface area contributed by atoms with E-state index in [1.807, 2.05) is 26.0 Å². The first-order valence-corrected chi connectivity index (χ1v) is 6.47. The summed E-state index contributed by atoms with van der Waals surface area (Å²) >= 11 is 0. The monoisotopic (exact) mass is 322 g/mol. The average Bonchev–Trinajstić information content (AvgIpc) is 2.98. The molecule has 2 aliphatic carbocycles. The number of hydrogen-bond donors (Lipinski definition) is 0. The summed E-state index contributed by atoms with van der Waals surface area (Å²) in [6, 6.07) is 0.0668. The van der Waals surface area contributed by atoms with Crippen LogP contribution in [0.25, 0.3) is 5.32 Å². The molecule has 97 valence electrons. The third kappa shape index (κ3) is 4.01. The van der Waals surface area contributed by atoms with Gasteiger partial charge in [0.1, 0.15) is 0 Å². The summed E-state index contributed by atoms with van der Waals surface area (Å²) in [5.41, 5.74) is 0.653. The number of carbonyl (C=O) groups excluding carboxylic acids is 1. The number of carbonyl (C=O) groups is 1. The smallest absolute Gasteiger partial charge is 0.0454 e. The van der Waals surface area contributed by atoms with Crippen molar-refractivity contribution in [2.75, 3.05) is 13.2 Å². The number of fused-ring (bicyclic) bond motifs is 1. The van der Waals surface area contributed by atoms with Crippen molar-refractivity contribution >= 4 is 5.91 Å². The zero-order valence-electron chi connectivity index (χ0n) is 11.1. The van der Waals surface area contributed by atoms with E-state index in [-0.39, 0.29) is 44.7 Å². The molecule has 0 spiro atoms. The van der Waals surface area contributed by atoms with E-state index in [4.69, 9.17) is 4.74 Å². The van der Waals surface area contributed by atoms with Gasteiger partial charge in [0.15, 0.2) is 0 Å². The van der Waals surface area contributed by atoms with Gasteiger partial charge in [-0.2, -0.15) is 17.7 Å². The molecule has 1 heterocycles. The summed E-state index contributed by atoms with van der Waals surface area (Å²) in [6.07, 6.45) is 9.12. The number of hydrogen-bond acceptors (Lipinski definition) is 2. The van der Waals surface area contributed by atoms with Crippen molar-refractivity contribution in [2.24, 2.45) is 11.8 Å². The van der Waals surface area contributed by atoms with Crippen LogP contribution in [0.3, 0.4) is 0 Å². The largest absolute Gasteiger partial charge is 0.705 e. The third-order valence-electron chi connectivity index (χ3n) is 3.16. The van der Waals surface area contributed by atoms with Gasteiger partial charge in [0.2, 0.25) is 0 Å². The van der Waals surface area contributed by atoms with Crippen LogP contribution in [0.2, 0.25) is 0 Å². The van der Waals surface area contributed by atoms with Crippen molar-refractivity contribution in [3.8, 4) is 0 Å². The number of ether oxygens (including phenoxy) is 1. The van der Waals surface area contributed by atoms with Gasteiger partial charge in [0.05, 0.1) is 0 Å². The zero-order valence-corrected chi connectivity index (χ0v) is 13.9. The standard InChI is InChI=1S/C12H14NO2.C2H6.Y/c14-12(13-11-3-4-15-7-11)9-2-1-8-5-10(8)6-9;1-2;/h1,6,8,10-11H,3-5,7H2,(H,13,14);1-2H3;/q-1;;/p-1. The molecule has 1 aliphatic heterocycles. The Morgan fingerprint density at radius 2 is 2.22 bits per heavy atom. The minimum Gasteiger partial charge on any atom is -0.705 e. The van der Waals surface area contributed by atoms with Crippen molar-refractivity contribution in [1.29, 1.82) is 0 Å². The van der Waals surface area contributed by atoms with Crippen LogP contribution in [0.4, 0.5) is 0 Å². The van der Waals surface area contributed by atoms with Crippen molar-refractivity contribution in [3.63, 3.8) is 0 Å². The van der Waals surface area contributed by atoms with Crippen molar-refractivity contribution in [1.82, 2.24) is 0 Å². The van der Waals surface area contributed by atoms with Crippen molar-refractivity contribution in [2.45, 2.75) is 32.7 Å². The molecule has 3 unspecified atom stereocenters. The fourth-order valence-electron chi connectivity index (χ4n) is 2.07. The van der Waals surface area contributed by atoms with Crippen LogP contribution in [0.1, 0.15) is 26.7 Å². The first-order valence-electron chi connectivity index (χ1n) is 6.47. The number of nitrogens with zero attached hydrogens (tertiary/aromatic N) is 1. The Labute approximate surface area is 134 Å². The van der Waals surface area contributed by atoms with Crippen LogP contribution in [0.15, 0.2) is 17.7 Å². The van der Waals surface area contributed by atoms with Gasteiger partial charge in [0, 0.05) is 45.9 Å². The normalized spacial score (nSPS) is 31.2. The van der Waals surface area contributed by atoms with Crippen molar-refractivity contribution in [3.05, 3.63) is 29.1 Å². The van der Waals surface area contributed by atoms with Crippen LogP contribution in [-0.4, -0.2) is 25.2 Å². The molecule has 3 rings (SSSR count). The summed E-state index contributed by atoms with van der Waals surface area (Å²) < 4.78 is 5.18. The molecule has 0 N–H and O–H groups in total. The Balaban J connectivity index is 0.000000516. The van der Waals surface area contributed by atoms with Gasteiger partial charge in [-0.05, 0) is 18.2 Å². The third-order valence-corrected chi connectivity index (χ3v) is 3.16. The molecule has 3 aliphatic rings. The van der Waals surface area contributed by atoms with E-state index in [0.717, 1.165) is 13.0 Å². The molecule has 0 aromatic carbocycles. The van der Waals surface area contributed by atoms with E-state index in [1.54, 1.807) is 0 Å². The number of rotatable bonds is 2. The van der Waals surface area contributed by atoms with Gasteiger partial charge in [-0.25, -0.2) is 0 Å². The maximum Gasteiger partial charge on any atom is 0.0454 e. The first-order chi connectivity index (χ1) is 8.33. The molecule has 1 saturated heterocycles. The van der Waals surface area contributed by atoms with E-state index < -0.39 is 0 Å².